The molecule has 2 aliphatic rings. The van der Waals surface area contributed by atoms with Gasteiger partial charge in [-0.2, -0.15) is 4.98 Å². The molecule has 0 bridgehead atoms. The number of hydrogen-bond acceptors (Lipinski definition) is 9. The normalized spacial score (nSPS) is 22.5. The van der Waals surface area contributed by atoms with Gasteiger partial charge >= 0.3 is 0 Å². The van der Waals surface area contributed by atoms with Gasteiger partial charge in [-0.1, -0.05) is 5.16 Å². The number of anilines is 1. The molecule has 1 aliphatic carbocycles. The molecular weight excluding hydrogens is 416 g/mol. The number of rotatable bonds is 4. The van der Waals surface area contributed by atoms with Crippen LogP contribution < -0.4 is 10.5 Å². The van der Waals surface area contributed by atoms with Crippen LogP contribution in [0.5, 0.6) is 0 Å². The van der Waals surface area contributed by atoms with Crippen molar-refractivity contribution in [1.82, 2.24) is 34.6 Å². The van der Waals surface area contributed by atoms with Gasteiger partial charge in [-0.05, 0) is 30.0 Å². The molecule has 1 N–H and O–H groups in total. The third-order valence-corrected chi connectivity index (χ3v) is 7.18. The molecule has 5 aromatic rings. The molecule has 1 saturated heterocycles. The van der Waals surface area contributed by atoms with Crippen molar-refractivity contribution in [2.75, 3.05) is 18.0 Å². The van der Waals surface area contributed by atoms with E-state index in [9.17, 15) is 4.79 Å². The molecular formula is C20H16N8O2S. The van der Waals surface area contributed by atoms with Crippen molar-refractivity contribution in [3.63, 3.8) is 0 Å². The number of H-pyrrole nitrogens is 1. The quantitative estimate of drug-likeness (QED) is 0.458. The Labute approximate surface area is 178 Å². The summed E-state index contributed by atoms with van der Waals surface area (Å²) in [5.41, 5.74) is 4.72. The molecule has 1 aliphatic heterocycles. The molecule has 1 aromatic carbocycles. The van der Waals surface area contributed by atoms with Crippen LogP contribution >= 0.6 is 11.3 Å². The summed E-state index contributed by atoms with van der Waals surface area (Å²) >= 11 is 1.66. The number of thiazole rings is 1. The molecule has 0 amide bonds. The molecule has 5 heterocycles. The van der Waals surface area contributed by atoms with E-state index in [0.29, 0.717) is 34.8 Å². The van der Waals surface area contributed by atoms with Crippen LogP contribution in [0.15, 0.2) is 45.7 Å². The van der Waals surface area contributed by atoms with Gasteiger partial charge < -0.3 is 14.4 Å². The molecule has 7 rings (SSSR count). The zero-order valence-electron chi connectivity index (χ0n) is 16.2. The van der Waals surface area contributed by atoms with Crippen LogP contribution in [-0.4, -0.2) is 47.7 Å². The lowest BCUT2D eigenvalue weighted by Crippen LogP contribution is -2.23. The highest BCUT2D eigenvalue weighted by Crippen LogP contribution is 2.58. The van der Waals surface area contributed by atoms with Gasteiger partial charge in [0.1, 0.15) is 12.9 Å². The summed E-state index contributed by atoms with van der Waals surface area (Å²) in [6.07, 6.45) is 2.91. The lowest BCUT2D eigenvalue weighted by Gasteiger charge is -2.21. The smallest absolute Gasteiger partial charge is 0.279 e. The molecule has 10 nitrogen and oxygen atoms in total. The van der Waals surface area contributed by atoms with Crippen LogP contribution in [-0.2, 0) is 6.54 Å². The summed E-state index contributed by atoms with van der Waals surface area (Å²) in [7, 11) is 0. The maximum Gasteiger partial charge on any atom is 0.279 e. The Morgan fingerprint density at radius 1 is 1.19 bits per heavy atom. The summed E-state index contributed by atoms with van der Waals surface area (Å²) in [5, 5.41) is 4.20. The zero-order valence-corrected chi connectivity index (χ0v) is 17.0. The Morgan fingerprint density at radius 2 is 2.10 bits per heavy atom. The highest BCUT2D eigenvalue weighted by atomic mass is 32.1. The molecule has 31 heavy (non-hydrogen) atoms. The summed E-state index contributed by atoms with van der Waals surface area (Å²) < 4.78 is 8.10. The Kier molecular flexibility index (Phi) is 3.43. The molecule has 2 fully saturated rings. The fraction of sp³-hybridized carbons (Fsp3) is 0.300. The summed E-state index contributed by atoms with van der Waals surface area (Å²) in [6.45, 7) is 2.15. The average molecular weight is 432 g/mol. The molecule has 1 unspecified atom stereocenters. The van der Waals surface area contributed by atoms with Crippen LogP contribution in [0.25, 0.3) is 21.4 Å². The summed E-state index contributed by atoms with van der Waals surface area (Å²) in [4.78, 5) is 34.9. The fourth-order valence-corrected chi connectivity index (χ4v) is 5.41. The number of nitrogens with one attached hydrogen (secondary N) is 1. The Balaban J connectivity index is 1.06. The maximum atomic E-state index is 12.5. The molecule has 3 atom stereocenters. The second-order valence-electron chi connectivity index (χ2n) is 8.09. The SMILES string of the molecule is O=c1c2[nH]cnc2ncn1Cc1nc(C2[C@H]3CN(c4ccc5scnc5c4)C[C@@H]23)no1. The number of hydrogen-bond donors (Lipinski definition) is 1. The highest BCUT2D eigenvalue weighted by molar-refractivity contribution is 7.16. The van der Waals surface area contributed by atoms with E-state index >= 15 is 0 Å². The number of fused-ring (bicyclic) bond motifs is 3. The molecule has 154 valence electrons. The van der Waals surface area contributed by atoms with E-state index in [-0.39, 0.29) is 12.1 Å². The molecule has 0 spiro atoms. The molecule has 0 radical (unpaired) electrons. The van der Waals surface area contributed by atoms with Crippen LogP contribution in [0.3, 0.4) is 0 Å². The van der Waals surface area contributed by atoms with Crippen LogP contribution in [0.2, 0.25) is 0 Å². The van der Waals surface area contributed by atoms with Gasteiger partial charge in [0.15, 0.2) is 17.0 Å². The van der Waals surface area contributed by atoms with Gasteiger partial charge in [0.25, 0.3) is 5.56 Å². The van der Waals surface area contributed by atoms with Crippen LogP contribution in [0.1, 0.15) is 17.6 Å². The standard InChI is InChI=1S/C20H16N8O2S/c29-20-17-19(22-7-21-17)23-8-28(20)6-15-25-18(26-30-15)16-11-4-27(5-12(11)16)10-1-2-14-13(3-10)24-9-31-14/h1-3,7-9,11-12,16H,4-6H2,(H,21,22)/t11-,12+,16?. The third-order valence-electron chi connectivity index (χ3n) is 6.37. The predicted octanol–water partition coefficient (Wildman–Crippen LogP) is 2.01. The van der Waals surface area contributed by atoms with Gasteiger partial charge in [-0.15, -0.1) is 11.3 Å². The van der Waals surface area contributed by atoms with Crippen molar-refractivity contribution >= 4 is 38.4 Å². The minimum atomic E-state index is -0.210. The van der Waals surface area contributed by atoms with Crippen molar-refractivity contribution in [1.29, 1.82) is 0 Å². The van der Waals surface area contributed by atoms with E-state index in [4.69, 9.17) is 4.52 Å². The maximum absolute atomic E-state index is 12.5. The number of aromatic amines is 1. The van der Waals surface area contributed by atoms with Crippen molar-refractivity contribution in [3.8, 4) is 0 Å². The Bertz CT molecular complexity index is 1490. The van der Waals surface area contributed by atoms with E-state index in [1.54, 1.807) is 11.3 Å². The largest absolute Gasteiger partial charge is 0.371 e. The number of benzene rings is 1. The van der Waals surface area contributed by atoms with Crippen molar-refractivity contribution in [2.24, 2.45) is 11.8 Å². The van der Waals surface area contributed by atoms with Gasteiger partial charge in [-0.25, -0.2) is 15.0 Å². The predicted molar refractivity (Wildman–Crippen MR) is 113 cm³/mol. The summed E-state index contributed by atoms with van der Waals surface area (Å²) in [6, 6.07) is 6.49. The van der Waals surface area contributed by atoms with Crippen molar-refractivity contribution in [3.05, 3.63) is 58.4 Å². The zero-order chi connectivity index (χ0) is 20.5. The molecule has 1 saturated carbocycles. The van der Waals surface area contributed by atoms with Gasteiger partial charge in [0.2, 0.25) is 5.89 Å². The van der Waals surface area contributed by atoms with Gasteiger partial charge in [0.05, 0.1) is 22.1 Å². The lowest BCUT2D eigenvalue weighted by molar-refractivity contribution is 0.363. The Morgan fingerprint density at radius 3 is 3.00 bits per heavy atom. The number of piperidine rings is 1. The van der Waals surface area contributed by atoms with E-state index in [1.165, 1.54) is 27.6 Å². The number of aromatic nitrogens is 7. The highest BCUT2D eigenvalue weighted by Gasteiger charge is 2.58. The van der Waals surface area contributed by atoms with Gasteiger partial charge in [0, 0.05) is 24.7 Å². The molecule has 11 heteroatoms. The third kappa shape index (κ3) is 2.62. The second-order valence-corrected chi connectivity index (χ2v) is 8.97. The van der Waals surface area contributed by atoms with Gasteiger partial charge in [-0.3, -0.25) is 9.36 Å². The van der Waals surface area contributed by atoms with E-state index < -0.39 is 0 Å². The minimum Gasteiger partial charge on any atom is -0.371 e. The Hall–Kier alpha value is -3.60. The first-order chi connectivity index (χ1) is 15.2. The van der Waals surface area contributed by atoms with E-state index in [1.807, 2.05) is 5.51 Å². The number of imidazole rings is 1. The first-order valence-electron chi connectivity index (χ1n) is 10.0. The van der Waals surface area contributed by atoms with Crippen molar-refractivity contribution < 1.29 is 4.52 Å². The first-order valence-corrected chi connectivity index (χ1v) is 10.9. The molecule has 4 aromatic heterocycles. The lowest BCUT2D eigenvalue weighted by atomic mass is 10.2. The van der Waals surface area contributed by atoms with Crippen LogP contribution in [0, 0.1) is 11.8 Å². The fourth-order valence-electron chi connectivity index (χ4n) is 4.75. The number of nitrogens with zero attached hydrogens (tertiary/aromatic N) is 7. The minimum absolute atomic E-state index is 0.190. The first kappa shape index (κ1) is 17.1. The van der Waals surface area contributed by atoms with E-state index in [2.05, 4.69) is 53.2 Å². The van der Waals surface area contributed by atoms with E-state index in [0.717, 1.165) is 24.4 Å². The topological polar surface area (TPSA) is 119 Å². The van der Waals surface area contributed by atoms with Crippen molar-refractivity contribution in [2.45, 2.75) is 12.5 Å². The average Bonchev–Trinajstić information content (AvgIpc) is 3.40. The van der Waals surface area contributed by atoms with Crippen LogP contribution in [0.4, 0.5) is 5.69 Å². The monoisotopic (exact) mass is 432 g/mol. The second kappa shape index (κ2) is 6.20. The summed E-state index contributed by atoms with van der Waals surface area (Å²) in [5.74, 6) is 2.53.